The molecule has 3 nitrogen and oxygen atoms in total. The van der Waals surface area contributed by atoms with E-state index in [1.165, 1.54) is 0 Å². The molecule has 0 aliphatic heterocycles. The second-order valence-electron chi connectivity index (χ2n) is 3.80. The van der Waals surface area contributed by atoms with Crippen molar-refractivity contribution in [2.45, 2.75) is 9.92 Å². The van der Waals surface area contributed by atoms with Crippen LogP contribution in [0.1, 0.15) is 0 Å². The molecule has 3 rings (SSSR count). The first-order valence-electron chi connectivity index (χ1n) is 5.62. The van der Waals surface area contributed by atoms with Crippen LogP contribution in [0.25, 0.3) is 10.2 Å². The van der Waals surface area contributed by atoms with Crippen molar-refractivity contribution in [1.82, 2.24) is 9.97 Å². The molecule has 6 heteroatoms. The van der Waals surface area contributed by atoms with Crippen molar-refractivity contribution >= 4 is 50.9 Å². The van der Waals surface area contributed by atoms with E-state index in [1.807, 2.05) is 42.8 Å². The van der Waals surface area contributed by atoms with Gasteiger partial charge in [-0.25, -0.2) is 9.97 Å². The number of thiophene rings is 1. The monoisotopic (exact) mass is 307 g/mol. The van der Waals surface area contributed by atoms with E-state index in [1.54, 1.807) is 23.1 Å². The Balaban J connectivity index is 2.06. The van der Waals surface area contributed by atoms with Gasteiger partial charge >= 0.3 is 0 Å². The van der Waals surface area contributed by atoms with Crippen LogP contribution in [0, 0.1) is 0 Å². The molecule has 0 saturated carbocycles. The summed E-state index contributed by atoms with van der Waals surface area (Å²) in [6, 6.07) is 9.81. The number of fused-ring (bicyclic) bond motifs is 1. The Morgan fingerprint density at radius 2 is 2.16 bits per heavy atom. The van der Waals surface area contributed by atoms with Crippen LogP contribution in [0.2, 0.25) is 5.02 Å². The number of halogens is 1. The smallest absolute Gasteiger partial charge is 0.224 e. The first-order chi connectivity index (χ1) is 9.26. The SMILES string of the molecule is CNc1nc(Sc2cccc(Cl)c2)c2ccsc2n1. The van der Waals surface area contributed by atoms with E-state index in [4.69, 9.17) is 11.6 Å². The van der Waals surface area contributed by atoms with Gasteiger partial charge in [-0.05, 0) is 29.6 Å². The van der Waals surface area contributed by atoms with Crippen molar-refractivity contribution in [3.63, 3.8) is 0 Å². The van der Waals surface area contributed by atoms with Gasteiger partial charge in [-0.1, -0.05) is 29.4 Å². The molecule has 0 amide bonds. The zero-order chi connectivity index (χ0) is 13.2. The van der Waals surface area contributed by atoms with E-state index in [0.717, 1.165) is 25.2 Å². The second-order valence-corrected chi connectivity index (χ2v) is 6.19. The van der Waals surface area contributed by atoms with E-state index in [9.17, 15) is 0 Å². The van der Waals surface area contributed by atoms with Crippen molar-refractivity contribution in [2.24, 2.45) is 0 Å². The maximum Gasteiger partial charge on any atom is 0.224 e. The average molecular weight is 308 g/mol. The molecule has 0 radical (unpaired) electrons. The molecule has 0 saturated heterocycles. The fourth-order valence-corrected chi connectivity index (χ4v) is 3.71. The zero-order valence-corrected chi connectivity index (χ0v) is 12.4. The molecule has 0 aliphatic carbocycles. The van der Waals surface area contributed by atoms with E-state index < -0.39 is 0 Å². The van der Waals surface area contributed by atoms with Crippen LogP contribution in [0.4, 0.5) is 5.95 Å². The van der Waals surface area contributed by atoms with E-state index in [0.29, 0.717) is 5.95 Å². The van der Waals surface area contributed by atoms with Crippen molar-refractivity contribution < 1.29 is 0 Å². The van der Waals surface area contributed by atoms with Crippen LogP contribution in [-0.2, 0) is 0 Å². The Morgan fingerprint density at radius 3 is 2.95 bits per heavy atom. The Hall–Kier alpha value is -1.30. The van der Waals surface area contributed by atoms with Gasteiger partial charge in [0.05, 0.1) is 0 Å². The molecule has 0 unspecified atom stereocenters. The van der Waals surface area contributed by atoms with Gasteiger partial charge in [0.2, 0.25) is 5.95 Å². The topological polar surface area (TPSA) is 37.8 Å². The third-order valence-electron chi connectivity index (χ3n) is 2.52. The molecule has 1 aromatic carbocycles. The molecule has 0 atom stereocenters. The van der Waals surface area contributed by atoms with Gasteiger partial charge in [0.25, 0.3) is 0 Å². The number of nitrogens with zero attached hydrogens (tertiary/aromatic N) is 2. The van der Waals surface area contributed by atoms with E-state index >= 15 is 0 Å². The van der Waals surface area contributed by atoms with Crippen LogP contribution in [-0.4, -0.2) is 17.0 Å². The molecule has 0 aliphatic rings. The maximum atomic E-state index is 6.01. The quantitative estimate of drug-likeness (QED) is 0.721. The molecule has 0 fully saturated rings. The Bertz CT molecular complexity index is 727. The molecule has 96 valence electrons. The Kier molecular flexibility index (Phi) is 3.59. The summed E-state index contributed by atoms with van der Waals surface area (Å²) in [4.78, 5) is 11.0. The second kappa shape index (κ2) is 5.36. The highest BCUT2D eigenvalue weighted by Crippen LogP contribution is 2.34. The standard InChI is InChI=1S/C13H10ClN3S2/c1-15-13-16-11-10(5-6-18-11)12(17-13)19-9-4-2-3-8(14)7-9/h2-7H,1H3,(H,15,16,17). The molecule has 3 aromatic rings. The van der Waals surface area contributed by atoms with Crippen LogP contribution >= 0.6 is 34.7 Å². The lowest BCUT2D eigenvalue weighted by atomic mass is 10.4. The fourth-order valence-electron chi connectivity index (χ4n) is 1.66. The largest absolute Gasteiger partial charge is 0.357 e. The highest BCUT2D eigenvalue weighted by Gasteiger charge is 2.10. The fraction of sp³-hybridized carbons (Fsp3) is 0.0769. The lowest BCUT2D eigenvalue weighted by Gasteiger charge is -2.05. The number of rotatable bonds is 3. The maximum absolute atomic E-state index is 6.01. The number of benzene rings is 1. The zero-order valence-electron chi connectivity index (χ0n) is 10.1. The predicted molar refractivity (Wildman–Crippen MR) is 82.5 cm³/mol. The van der Waals surface area contributed by atoms with Crippen LogP contribution in [0.3, 0.4) is 0 Å². The lowest BCUT2D eigenvalue weighted by Crippen LogP contribution is -1.96. The summed E-state index contributed by atoms with van der Waals surface area (Å²) < 4.78 is 0. The van der Waals surface area contributed by atoms with Gasteiger partial charge in [-0.15, -0.1) is 11.3 Å². The molecule has 1 N–H and O–H groups in total. The van der Waals surface area contributed by atoms with Crippen LogP contribution in [0.5, 0.6) is 0 Å². The summed E-state index contributed by atoms with van der Waals surface area (Å²) in [7, 11) is 1.82. The van der Waals surface area contributed by atoms with Crippen molar-refractivity contribution in [3.8, 4) is 0 Å². The summed E-state index contributed by atoms with van der Waals surface area (Å²) in [6.45, 7) is 0. The number of hydrogen-bond donors (Lipinski definition) is 1. The number of hydrogen-bond acceptors (Lipinski definition) is 5. The minimum atomic E-state index is 0.638. The van der Waals surface area contributed by atoms with Gasteiger partial charge in [-0.3, -0.25) is 0 Å². The van der Waals surface area contributed by atoms with Gasteiger partial charge < -0.3 is 5.32 Å². The third-order valence-corrected chi connectivity index (χ3v) is 4.56. The van der Waals surface area contributed by atoms with Crippen molar-refractivity contribution in [2.75, 3.05) is 12.4 Å². The Labute approximate surface area is 124 Å². The van der Waals surface area contributed by atoms with Gasteiger partial charge in [-0.2, -0.15) is 0 Å². The average Bonchev–Trinajstić information content (AvgIpc) is 2.87. The van der Waals surface area contributed by atoms with Gasteiger partial charge in [0.15, 0.2) is 0 Å². The molecular weight excluding hydrogens is 298 g/mol. The lowest BCUT2D eigenvalue weighted by molar-refractivity contribution is 1.10. The first-order valence-corrected chi connectivity index (χ1v) is 7.70. The molecule has 0 spiro atoms. The number of anilines is 1. The van der Waals surface area contributed by atoms with Gasteiger partial charge in [0.1, 0.15) is 9.86 Å². The summed E-state index contributed by atoms with van der Waals surface area (Å²) in [5, 5.41) is 7.77. The van der Waals surface area contributed by atoms with Crippen molar-refractivity contribution in [3.05, 3.63) is 40.7 Å². The summed E-state index contributed by atoms with van der Waals surface area (Å²) in [5.74, 6) is 0.638. The molecule has 2 aromatic heterocycles. The Morgan fingerprint density at radius 1 is 1.26 bits per heavy atom. The predicted octanol–water partition coefficient (Wildman–Crippen LogP) is 4.54. The van der Waals surface area contributed by atoms with E-state index in [2.05, 4.69) is 15.3 Å². The molecule has 0 bridgehead atoms. The summed E-state index contributed by atoms with van der Waals surface area (Å²) in [6.07, 6.45) is 0. The van der Waals surface area contributed by atoms with Crippen molar-refractivity contribution in [1.29, 1.82) is 0 Å². The molecule has 2 heterocycles. The number of aromatic nitrogens is 2. The van der Waals surface area contributed by atoms with E-state index in [-0.39, 0.29) is 0 Å². The molecular formula is C13H10ClN3S2. The first kappa shape index (κ1) is 12.7. The van der Waals surface area contributed by atoms with Gasteiger partial charge in [0, 0.05) is 22.4 Å². The normalized spacial score (nSPS) is 10.8. The molecule has 19 heavy (non-hydrogen) atoms. The minimum Gasteiger partial charge on any atom is -0.357 e. The van der Waals surface area contributed by atoms with Crippen LogP contribution < -0.4 is 5.32 Å². The summed E-state index contributed by atoms with van der Waals surface area (Å²) >= 11 is 9.22. The summed E-state index contributed by atoms with van der Waals surface area (Å²) in [5.41, 5.74) is 0. The third kappa shape index (κ3) is 2.68. The highest BCUT2D eigenvalue weighted by atomic mass is 35.5. The highest BCUT2D eigenvalue weighted by molar-refractivity contribution is 7.99. The van der Waals surface area contributed by atoms with Crippen LogP contribution in [0.15, 0.2) is 45.6 Å². The minimum absolute atomic E-state index is 0.638. The number of nitrogens with one attached hydrogen (secondary N) is 1.